The quantitative estimate of drug-likeness (QED) is 0.419. The van der Waals surface area contributed by atoms with Crippen LogP contribution >= 0.6 is 11.6 Å². The molecule has 10 heteroatoms. The van der Waals surface area contributed by atoms with Crippen LogP contribution < -0.4 is 5.32 Å². The summed E-state index contributed by atoms with van der Waals surface area (Å²) in [6.07, 6.45) is 7.84. The third-order valence-corrected chi connectivity index (χ3v) is 5.07. The molecular weight excluding hydrogens is 440 g/mol. The Kier molecular flexibility index (Phi) is 6.41. The van der Waals surface area contributed by atoms with E-state index in [9.17, 15) is 4.79 Å². The SMILES string of the molecule is CC.Cc1c(C(=O)Nc2cnc(-n3nccn3)c(Cl)c2)cnn1-c1cccc2ncccc12. The van der Waals surface area contributed by atoms with Crippen molar-refractivity contribution in [3.8, 4) is 11.5 Å². The highest BCUT2D eigenvalue weighted by Gasteiger charge is 2.17. The summed E-state index contributed by atoms with van der Waals surface area (Å²) in [5.41, 5.74) is 3.30. The molecule has 0 aliphatic carbocycles. The zero-order valence-electron chi connectivity index (χ0n) is 18.3. The molecule has 0 fully saturated rings. The minimum atomic E-state index is -0.315. The van der Waals surface area contributed by atoms with Gasteiger partial charge in [-0.15, -0.1) is 4.80 Å². The standard InChI is InChI=1S/C21H15ClN8O.C2H6/c1-13-16(12-27-29(13)19-6-2-5-18-15(19)4-3-7-23-18)21(31)28-14-10-17(22)20(24-11-14)30-25-8-9-26-30;1-2/h2-12H,1H3,(H,28,31);1-2H3. The molecule has 4 aromatic heterocycles. The number of nitrogens with zero attached hydrogens (tertiary/aromatic N) is 7. The number of amides is 1. The Morgan fingerprint density at radius 1 is 0.970 bits per heavy atom. The lowest BCUT2D eigenvalue weighted by atomic mass is 10.1. The minimum Gasteiger partial charge on any atom is -0.320 e. The molecule has 5 aromatic rings. The fraction of sp³-hybridized carbons (Fsp3) is 0.130. The Labute approximate surface area is 195 Å². The van der Waals surface area contributed by atoms with Crippen LogP contribution in [0.25, 0.3) is 22.4 Å². The second kappa shape index (κ2) is 9.58. The molecule has 0 aliphatic heterocycles. The van der Waals surface area contributed by atoms with E-state index in [0.29, 0.717) is 27.8 Å². The average molecular weight is 461 g/mol. The smallest absolute Gasteiger partial charge is 0.259 e. The number of benzene rings is 1. The van der Waals surface area contributed by atoms with Gasteiger partial charge in [-0.2, -0.15) is 15.3 Å². The maximum absolute atomic E-state index is 12.9. The summed E-state index contributed by atoms with van der Waals surface area (Å²) in [6, 6.07) is 11.2. The minimum absolute atomic E-state index is 0.310. The summed E-state index contributed by atoms with van der Waals surface area (Å²) >= 11 is 6.28. The molecule has 4 heterocycles. The molecule has 33 heavy (non-hydrogen) atoms. The first-order valence-electron chi connectivity index (χ1n) is 10.3. The van der Waals surface area contributed by atoms with E-state index in [1.807, 2.05) is 51.1 Å². The summed E-state index contributed by atoms with van der Waals surface area (Å²) in [7, 11) is 0. The number of aromatic nitrogens is 7. The zero-order valence-corrected chi connectivity index (χ0v) is 19.0. The maximum atomic E-state index is 12.9. The van der Waals surface area contributed by atoms with Crippen LogP contribution in [0.5, 0.6) is 0 Å². The number of carbonyl (C=O) groups is 1. The van der Waals surface area contributed by atoms with Crippen molar-refractivity contribution in [3.05, 3.63) is 83.7 Å². The fourth-order valence-electron chi connectivity index (χ4n) is 3.32. The lowest BCUT2D eigenvalue weighted by Gasteiger charge is -2.09. The van der Waals surface area contributed by atoms with E-state index in [0.717, 1.165) is 16.6 Å². The average Bonchev–Trinajstić information content (AvgIpc) is 3.50. The van der Waals surface area contributed by atoms with E-state index in [-0.39, 0.29) is 5.91 Å². The van der Waals surface area contributed by atoms with Gasteiger partial charge >= 0.3 is 0 Å². The van der Waals surface area contributed by atoms with Crippen molar-refractivity contribution in [1.82, 2.24) is 34.7 Å². The van der Waals surface area contributed by atoms with Crippen molar-refractivity contribution < 1.29 is 4.79 Å². The van der Waals surface area contributed by atoms with Gasteiger partial charge in [-0.1, -0.05) is 31.5 Å². The fourth-order valence-corrected chi connectivity index (χ4v) is 3.56. The van der Waals surface area contributed by atoms with Gasteiger partial charge in [0, 0.05) is 11.6 Å². The molecule has 0 saturated heterocycles. The molecule has 0 saturated carbocycles. The number of halogens is 1. The summed E-state index contributed by atoms with van der Waals surface area (Å²) < 4.78 is 1.73. The number of rotatable bonds is 4. The van der Waals surface area contributed by atoms with Gasteiger partial charge in [0.1, 0.15) is 0 Å². The molecule has 1 aromatic carbocycles. The number of hydrogen-bond donors (Lipinski definition) is 1. The molecule has 1 amide bonds. The third kappa shape index (κ3) is 4.31. The number of anilines is 1. The second-order valence-corrected chi connectivity index (χ2v) is 7.11. The predicted molar refractivity (Wildman–Crippen MR) is 127 cm³/mol. The monoisotopic (exact) mass is 460 g/mol. The van der Waals surface area contributed by atoms with Gasteiger partial charge in [0.2, 0.25) is 0 Å². The van der Waals surface area contributed by atoms with Crippen LogP contribution in [0.3, 0.4) is 0 Å². The topological polar surface area (TPSA) is 103 Å². The molecule has 0 unspecified atom stereocenters. The summed E-state index contributed by atoms with van der Waals surface area (Å²) in [5.74, 6) is 0.0585. The molecule has 0 spiro atoms. The molecule has 9 nitrogen and oxygen atoms in total. The van der Waals surface area contributed by atoms with Crippen LogP contribution in [-0.2, 0) is 0 Å². The Balaban J connectivity index is 0.00000126. The van der Waals surface area contributed by atoms with Crippen LogP contribution in [0.4, 0.5) is 5.69 Å². The Morgan fingerprint density at radius 2 is 1.76 bits per heavy atom. The molecule has 0 atom stereocenters. The molecule has 5 rings (SSSR count). The van der Waals surface area contributed by atoms with Gasteiger partial charge in [0.05, 0.1) is 58.0 Å². The van der Waals surface area contributed by atoms with Crippen molar-refractivity contribution in [2.24, 2.45) is 0 Å². The van der Waals surface area contributed by atoms with Gasteiger partial charge in [-0.05, 0) is 37.3 Å². The van der Waals surface area contributed by atoms with Crippen LogP contribution in [0, 0.1) is 6.92 Å². The first kappa shape index (κ1) is 22.1. The normalized spacial score (nSPS) is 10.5. The van der Waals surface area contributed by atoms with E-state index in [2.05, 4.69) is 30.6 Å². The van der Waals surface area contributed by atoms with Crippen LogP contribution in [0.2, 0.25) is 5.02 Å². The summed E-state index contributed by atoms with van der Waals surface area (Å²) in [6.45, 7) is 5.84. The number of carbonyl (C=O) groups excluding carboxylic acids is 1. The Morgan fingerprint density at radius 3 is 2.52 bits per heavy atom. The summed E-state index contributed by atoms with van der Waals surface area (Å²) in [5, 5.41) is 16.5. The van der Waals surface area contributed by atoms with E-state index >= 15 is 0 Å². The van der Waals surface area contributed by atoms with E-state index in [1.165, 1.54) is 29.6 Å². The Hall–Kier alpha value is -4.11. The highest BCUT2D eigenvalue weighted by molar-refractivity contribution is 6.32. The van der Waals surface area contributed by atoms with Gasteiger partial charge in [0.25, 0.3) is 5.91 Å². The third-order valence-electron chi connectivity index (χ3n) is 4.79. The first-order chi connectivity index (χ1) is 16.1. The molecule has 0 radical (unpaired) electrons. The highest BCUT2D eigenvalue weighted by Crippen LogP contribution is 2.24. The van der Waals surface area contributed by atoms with Crippen LogP contribution in [0.1, 0.15) is 29.9 Å². The van der Waals surface area contributed by atoms with E-state index < -0.39 is 0 Å². The van der Waals surface area contributed by atoms with E-state index in [1.54, 1.807) is 16.9 Å². The molecule has 0 aliphatic rings. The van der Waals surface area contributed by atoms with Gasteiger partial charge < -0.3 is 5.32 Å². The highest BCUT2D eigenvalue weighted by atomic mass is 35.5. The second-order valence-electron chi connectivity index (χ2n) is 6.70. The van der Waals surface area contributed by atoms with Gasteiger partial charge in [0.15, 0.2) is 5.82 Å². The van der Waals surface area contributed by atoms with Crippen LogP contribution in [0.15, 0.2) is 67.4 Å². The van der Waals surface area contributed by atoms with E-state index in [4.69, 9.17) is 11.6 Å². The number of hydrogen-bond acceptors (Lipinski definition) is 6. The number of fused-ring (bicyclic) bond motifs is 1. The van der Waals surface area contributed by atoms with Gasteiger partial charge in [-0.25, -0.2) is 9.67 Å². The summed E-state index contributed by atoms with van der Waals surface area (Å²) in [4.78, 5) is 22.8. The molecular formula is C23H21ClN8O. The zero-order chi connectivity index (χ0) is 23.4. The van der Waals surface area contributed by atoms with Crippen molar-refractivity contribution in [2.75, 3.05) is 5.32 Å². The number of nitrogens with one attached hydrogen (secondary N) is 1. The Bertz CT molecular complexity index is 1410. The molecule has 166 valence electrons. The first-order valence-corrected chi connectivity index (χ1v) is 10.7. The van der Waals surface area contributed by atoms with Crippen LogP contribution in [-0.4, -0.2) is 40.6 Å². The van der Waals surface area contributed by atoms with Crippen molar-refractivity contribution in [3.63, 3.8) is 0 Å². The lowest BCUT2D eigenvalue weighted by Crippen LogP contribution is -2.14. The predicted octanol–water partition coefficient (Wildman–Crippen LogP) is 4.64. The lowest BCUT2D eigenvalue weighted by molar-refractivity contribution is 0.102. The maximum Gasteiger partial charge on any atom is 0.259 e. The van der Waals surface area contributed by atoms with Crippen molar-refractivity contribution >= 4 is 34.1 Å². The number of pyridine rings is 2. The van der Waals surface area contributed by atoms with Crippen molar-refractivity contribution in [2.45, 2.75) is 20.8 Å². The largest absolute Gasteiger partial charge is 0.320 e. The van der Waals surface area contributed by atoms with Gasteiger partial charge in [-0.3, -0.25) is 9.78 Å². The molecule has 0 bridgehead atoms. The van der Waals surface area contributed by atoms with Crippen molar-refractivity contribution in [1.29, 1.82) is 0 Å². The molecule has 1 N–H and O–H groups in total.